The lowest BCUT2D eigenvalue weighted by molar-refractivity contribution is 0.587. The summed E-state index contributed by atoms with van der Waals surface area (Å²) in [5.41, 5.74) is 2.98. The van der Waals surface area contributed by atoms with Crippen LogP contribution in [0.3, 0.4) is 0 Å². The number of thiazole rings is 1. The van der Waals surface area contributed by atoms with Gasteiger partial charge in [-0.1, -0.05) is 12.1 Å². The molecule has 8 heteroatoms. The monoisotopic (exact) mass is 401 g/mol. The summed E-state index contributed by atoms with van der Waals surface area (Å²) in [6, 6.07) is 11.5. The summed E-state index contributed by atoms with van der Waals surface area (Å²) in [6.07, 6.45) is 3.63. The molecule has 0 bridgehead atoms. The maximum Gasteiger partial charge on any atom is 0.250 e. The number of anilines is 1. The Morgan fingerprint density at radius 2 is 1.67 bits per heavy atom. The number of sulfone groups is 1. The van der Waals surface area contributed by atoms with Crippen LogP contribution in [0.4, 0.5) is 5.69 Å². The third-order valence-electron chi connectivity index (χ3n) is 4.70. The predicted molar refractivity (Wildman–Crippen MR) is 109 cm³/mol. The Bertz CT molecular complexity index is 1120. The topological polar surface area (TPSA) is 72.3 Å². The molecule has 0 aliphatic carbocycles. The Morgan fingerprint density at radius 1 is 1.00 bits per heavy atom. The number of nitrogens with zero attached hydrogens (tertiary/aromatic N) is 3. The molecule has 6 nitrogen and oxygen atoms in total. The van der Waals surface area contributed by atoms with Gasteiger partial charge < -0.3 is 9.47 Å². The quantitative estimate of drug-likeness (QED) is 0.674. The number of benzene rings is 1. The minimum atomic E-state index is -2.87. The fourth-order valence-electron chi connectivity index (χ4n) is 3.07. The molecule has 1 aliphatic rings. The van der Waals surface area contributed by atoms with Crippen molar-refractivity contribution in [2.45, 2.75) is 0 Å². The summed E-state index contributed by atoms with van der Waals surface area (Å²) in [6.45, 7) is 1.08. The van der Waals surface area contributed by atoms with Crippen LogP contribution in [0.25, 0.3) is 21.0 Å². The van der Waals surface area contributed by atoms with Crippen molar-refractivity contribution >= 4 is 26.9 Å². The fourth-order valence-corrected chi connectivity index (χ4v) is 5.18. The van der Waals surface area contributed by atoms with Crippen LogP contribution in [0.1, 0.15) is 0 Å². The summed E-state index contributed by atoms with van der Waals surface area (Å²) < 4.78 is 24.7. The zero-order valence-corrected chi connectivity index (χ0v) is 16.5. The van der Waals surface area contributed by atoms with Gasteiger partial charge in [0.05, 0.1) is 16.4 Å². The molecule has 0 amide bonds. The lowest BCUT2D eigenvalue weighted by atomic mass is 10.2. The van der Waals surface area contributed by atoms with E-state index in [0.717, 1.165) is 26.7 Å². The second-order valence-corrected chi connectivity index (χ2v) is 9.92. The third-order valence-corrected chi connectivity index (χ3v) is 7.40. The number of pyridine rings is 1. The lowest BCUT2D eigenvalue weighted by Crippen LogP contribution is -2.40. The van der Waals surface area contributed by atoms with Crippen molar-refractivity contribution in [1.29, 1.82) is 0 Å². The number of hydrogen-bond donors (Lipinski definition) is 0. The van der Waals surface area contributed by atoms with E-state index in [2.05, 4.69) is 9.88 Å². The molecule has 0 spiro atoms. The van der Waals surface area contributed by atoms with Crippen molar-refractivity contribution in [2.75, 3.05) is 29.5 Å². The van der Waals surface area contributed by atoms with Gasteiger partial charge in [-0.2, -0.15) is 0 Å². The van der Waals surface area contributed by atoms with Crippen molar-refractivity contribution in [3.05, 3.63) is 59.1 Å². The van der Waals surface area contributed by atoms with Gasteiger partial charge in [-0.05, 0) is 23.8 Å². The van der Waals surface area contributed by atoms with Crippen LogP contribution < -0.4 is 10.5 Å². The molecule has 1 saturated heterocycles. The SMILES string of the molecule is Cn1cc(-c2ncc(-c3ccc(N4CCS(=O)(=O)CC4)cc3)s2)ccc1=O. The number of aromatic nitrogens is 2. The van der Waals surface area contributed by atoms with Crippen molar-refractivity contribution in [3.63, 3.8) is 0 Å². The Kier molecular flexibility index (Phi) is 4.61. The van der Waals surface area contributed by atoms with Crippen molar-refractivity contribution in [2.24, 2.45) is 7.05 Å². The summed E-state index contributed by atoms with van der Waals surface area (Å²) in [5.74, 6) is 0.430. The van der Waals surface area contributed by atoms with Gasteiger partial charge in [-0.25, -0.2) is 13.4 Å². The largest absolute Gasteiger partial charge is 0.369 e. The minimum Gasteiger partial charge on any atom is -0.369 e. The molecule has 0 unspecified atom stereocenters. The molecule has 0 radical (unpaired) electrons. The Morgan fingerprint density at radius 3 is 2.33 bits per heavy atom. The molecule has 4 rings (SSSR count). The van der Waals surface area contributed by atoms with Crippen LogP contribution in [0, 0.1) is 0 Å². The highest BCUT2D eigenvalue weighted by atomic mass is 32.2. The van der Waals surface area contributed by atoms with Gasteiger partial charge in [0.2, 0.25) is 5.56 Å². The van der Waals surface area contributed by atoms with E-state index in [9.17, 15) is 13.2 Å². The van der Waals surface area contributed by atoms with E-state index in [0.29, 0.717) is 13.1 Å². The summed E-state index contributed by atoms with van der Waals surface area (Å²) in [4.78, 5) is 19.2. The van der Waals surface area contributed by atoms with Crippen molar-refractivity contribution in [3.8, 4) is 21.0 Å². The molecule has 3 aromatic rings. The van der Waals surface area contributed by atoms with Crippen LogP contribution in [-0.2, 0) is 16.9 Å². The maximum absolute atomic E-state index is 11.6. The first-order valence-corrected chi connectivity index (χ1v) is 11.2. The van der Waals surface area contributed by atoms with E-state index in [-0.39, 0.29) is 17.1 Å². The van der Waals surface area contributed by atoms with E-state index in [1.807, 2.05) is 30.5 Å². The van der Waals surface area contributed by atoms with Gasteiger partial charge in [-0.15, -0.1) is 11.3 Å². The smallest absolute Gasteiger partial charge is 0.250 e. The van der Waals surface area contributed by atoms with Crippen LogP contribution in [0.5, 0.6) is 0 Å². The van der Waals surface area contributed by atoms with E-state index in [1.165, 1.54) is 0 Å². The fraction of sp³-hybridized carbons (Fsp3) is 0.263. The molecule has 0 atom stereocenters. The highest BCUT2D eigenvalue weighted by Gasteiger charge is 2.21. The summed E-state index contributed by atoms with van der Waals surface area (Å²) >= 11 is 1.58. The molecule has 140 valence electrons. The number of aryl methyl sites for hydroxylation is 1. The predicted octanol–water partition coefficient (Wildman–Crippen LogP) is 2.41. The van der Waals surface area contributed by atoms with Gasteiger partial charge >= 0.3 is 0 Å². The lowest BCUT2D eigenvalue weighted by Gasteiger charge is -2.28. The summed E-state index contributed by atoms with van der Waals surface area (Å²) in [7, 11) is -1.15. The van der Waals surface area contributed by atoms with E-state index >= 15 is 0 Å². The standard InChI is InChI=1S/C19H19N3O3S2/c1-21-13-15(4-7-18(21)23)19-20-12-17(26-19)14-2-5-16(6-3-14)22-8-10-27(24,25)11-9-22/h2-7,12-13H,8-11H2,1H3. The average molecular weight is 402 g/mol. The van der Waals surface area contributed by atoms with Crippen LogP contribution >= 0.6 is 11.3 Å². The molecule has 0 saturated carbocycles. The van der Waals surface area contributed by atoms with E-state index in [1.54, 1.807) is 41.3 Å². The molecular weight excluding hydrogens is 382 g/mol. The first-order chi connectivity index (χ1) is 12.9. The zero-order valence-electron chi connectivity index (χ0n) is 14.8. The minimum absolute atomic E-state index is 0.0448. The highest BCUT2D eigenvalue weighted by Crippen LogP contribution is 2.32. The molecular formula is C19H19N3O3S2. The van der Waals surface area contributed by atoms with Crippen molar-refractivity contribution < 1.29 is 8.42 Å². The molecule has 3 heterocycles. The molecule has 0 N–H and O–H groups in total. The molecule has 1 aliphatic heterocycles. The Labute approximate surface area is 161 Å². The molecule has 1 fully saturated rings. The normalized spacial score (nSPS) is 16.4. The zero-order chi connectivity index (χ0) is 19.0. The van der Waals surface area contributed by atoms with Gasteiger partial charge in [0.15, 0.2) is 9.84 Å². The maximum atomic E-state index is 11.6. The Hall–Kier alpha value is -2.45. The number of rotatable bonds is 3. The van der Waals surface area contributed by atoms with E-state index < -0.39 is 9.84 Å². The van der Waals surface area contributed by atoms with Gasteiger partial charge in [-0.3, -0.25) is 4.79 Å². The summed E-state index contributed by atoms with van der Waals surface area (Å²) in [5, 5.41) is 0.867. The van der Waals surface area contributed by atoms with Crippen molar-refractivity contribution in [1.82, 2.24) is 9.55 Å². The second kappa shape index (κ2) is 6.94. The molecule has 2 aromatic heterocycles. The molecule has 27 heavy (non-hydrogen) atoms. The first-order valence-electron chi connectivity index (χ1n) is 8.60. The van der Waals surface area contributed by atoms with Crippen LogP contribution in [-0.4, -0.2) is 42.6 Å². The first kappa shape index (κ1) is 17.9. The van der Waals surface area contributed by atoms with Gasteiger partial charge in [0.1, 0.15) is 5.01 Å². The third kappa shape index (κ3) is 3.81. The Balaban J connectivity index is 1.54. The second-order valence-electron chi connectivity index (χ2n) is 6.58. The van der Waals surface area contributed by atoms with Crippen LogP contribution in [0.15, 0.2) is 53.6 Å². The van der Waals surface area contributed by atoms with Crippen LogP contribution in [0.2, 0.25) is 0 Å². The van der Waals surface area contributed by atoms with Gasteiger partial charge in [0, 0.05) is 49.8 Å². The molecule has 1 aromatic carbocycles. The van der Waals surface area contributed by atoms with E-state index in [4.69, 9.17) is 0 Å². The average Bonchev–Trinajstić information content (AvgIpc) is 3.14. The highest BCUT2D eigenvalue weighted by molar-refractivity contribution is 7.91. The van der Waals surface area contributed by atoms with Gasteiger partial charge in [0.25, 0.3) is 0 Å². The number of hydrogen-bond acceptors (Lipinski definition) is 6.